The minimum Gasteiger partial charge on any atom is -0.458 e. The first kappa shape index (κ1) is 17.2. The molecular formula is C14H13O8. The molecular weight excluding hydrogens is 296 g/mol. The van der Waals surface area contributed by atoms with E-state index < -0.39 is 23.9 Å². The van der Waals surface area contributed by atoms with Gasteiger partial charge in [-0.15, -0.1) is 0 Å². The summed E-state index contributed by atoms with van der Waals surface area (Å²) in [7, 11) is 2.96. The Morgan fingerprint density at radius 2 is 1.23 bits per heavy atom. The van der Waals surface area contributed by atoms with Gasteiger partial charge in [0, 0.05) is 20.8 Å². The SMILES string of the molecule is [CH2]OC(=O)c1cc(OC(C)=O)c(OC(C)=O)c(OC(C)=O)c1. The van der Waals surface area contributed by atoms with Crippen molar-refractivity contribution in [1.29, 1.82) is 0 Å². The second-order valence-corrected chi connectivity index (χ2v) is 4.01. The lowest BCUT2D eigenvalue weighted by Gasteiger charge is -2.14. The number of esters is 4. The van der Waals surface area contributed by atoms with Crippen molar-refractivity contribution in [2.45, 2.75) is 20.8 Å². The molecule has 1 rings (SSSR count). The summed E-state index contributed by atoms with van der Waals surface area (Å²) in [6.07, 6.45) is 0. The van der Waals surface area contributed by atoms with Crippen LogP contribution in [0.15, 0.2) is 12.1 Å². The minimum absolute atomic E-state index is 0.113. The molecule has 0 aliphatic rings. The zero-order chi connectivity index (χ0) is 16.9. The van der Waals surface area contributed by atoms with Gasteiger partial charge in [0.15, 0.2) is 11.5 Å². The number of carbonyl (C=O) groups excluding carboxylic acids is 4. The van der Waals surface area contributed by atoms with Crippen LogP contribution in [-0.2, 0) is 19.1 Å². The first-order chi connectivity index (χ1) is 10.2. The molecule has 0 aliphatic carbocycles. The monoisotopic (exact) mass is 309 g/mol. The lowest BCUT2D eigenvalue weighted by Crippen LogP contribution is -2.12. The van der Waals surface area contributed by atoms with E-state index >= 15 is 0 Å². The molecule has 1 aromatic carbocycles. The van der Waals surface area contributed by atoms with Crippen molar-refractivity contribution in [3.05, 3.63) is 24.8 Å². The van der Waals surface area contributed by atoms with Gasteiger partial charge >= 0.3 is 23.9 Å². The van der Waals surface area contributed by atoms with Crippen LogP contribution >= 0.6 is 0 Å². The average Bonchev–Trinajstić information content (AvgIpc) is 2.39. The van der Waals surface area contributed by atoms with Crippen LogP contribution in [0.2, 0.25) is 0 Å². The van der Waals surface area contributed by atoms with Crippen LogP contribution in [0, 0.1) is 7.11 Å². The molecule has 0 unspecified atom stereocenters. The van der Waals surface area contributed by atoms with Gasteiger partial charge in [-0.25, -0.2) is 4.79 Å². The Kier molecular flexibility index (Phi) is 5.62. The Morgan fingerprint density at radius 3 is 1.55 bits per heavy atom. The summed E-state index contributed by atoms with van der Waals surface area (Å²) in [6.45, 7) is 3.32. The zero-order valence-electron chi connectivity index (χ0n) is 12.1. The highest BCUT2D eigenvalue weighted by Crippen LogP contribution is 2.39. The second kappa shape index (κ2) is 7.21. The Balaban J connectivity index is 3.51. The van der Waals surface area contributed by atoms with E-state index in [4.69, 9.17) is 14.2 Å². The summed E-state index contributed by atoms with van der Waals surface area (Å²) >= 11 is 0. The summed E-state index contributed by atoms with van der Waals surface area (Å²) in [5.41, 5.74) is -0.113. The van der Waals surface area contributed by atoms with E-state index in [1.807, 2.05) is 0 Å². The van der Waals surface area contributed by atoms with Gasteiger partial charge in [-0.05, 0) is 12.1 Å². The first-order valence-corrected chi connectivity index (χ1v) is 5.94. The standard InChI is InChI=1S/C14H13O8/c1-7(15)20-11-5-10(14(18)19-4)6-12(21-8(2)16)13(11)22-9(3)17/h5-6H,4H2,1-3H3. The highest BCUT2D eigenvalue weighted by atomic mass is 16.6. The molecule has 0 atom stereocenters. The normalized spacial score (nSPS) is 9.64. The first-order valence-electron chi connectivity index (χ1n) is 5.94. The number of ether oxygens (including phenoxy) is 4. The Morgan fingerprint density at radius 1 is 0.818 bits per heavy atom. The van der Waals surface area contributed by atoms with E-state index in [9.17, 15) is 19.2 Å². The van der Waals surface area contributed by atoms with Crippen molar-refractivity contribution in [1.82, 2.24) is 0 Å². The fourth-order valence-electron chi connectivity index (χ4n) is 1.48. The number of rotatable bonds is 4. The molecule has 0 spiro atoms. The molecule has 0 saturated carbocycles. The molecule has 8 nitrogen and oxygen atoms in total. The van der Waals surface area contributed by atoms with Crippen molar-refractivity contribution in [2.75, 3.05) is 0 Å². The summed E-state index contributed by atoms with van der Waals surface area (Å²) in [5.74, 6) is -3.93. The Bertz CT molecular complexity index is 595. The molecule has 0 bridgehead atoms. The predicted molar refractivity (Wildman–Crippen MR) is 71.1 cm³/mol. The average molecular weight is 309 g/mol. The third-order valence-electron chi connectivity index (χ3n) is 2.14. The molecule has 0 fully saturated rings. The maximum absolute atomic E-state index is 11.5. The maximum atomic E-state index is 11.5. The third-order valence-corrected chi connectivity index (χ3v) is 2.14. The van der Waals surface area contributed by atoms with E-state index in [2.05, 4.69) is 11.8 Å². The number of hydrogen-bond donors (Lipinski definition) is 0. The molecule has 0 N–H and O–H groups in total. The van der Waals surface area contributed by atoms with Crippen LogP contribution in [0.25, 0.3) is 0 Å². The van der Waals surface area contributed by atoms with E-state index in [0.29, 0.717) is 0 Å². The maximum Gasteiger partial charge on any atom is 0.338 e. The molecule has 0 aromatic heterocycles. The largest absolute Gasteiger partial charge is 0.458 e. The fraction of sp³-hybridized carbons (Fsp3) is 0.214. The number of carbonyl (C=O) groups is 4. The van der Waals surface area contributed by atoms with Gasteiger partial charge in [0.1, 0.15) is 7.11 Å². The van der Waals surface area contributed by atoms with E-state index in [1.54, 1.807) is 0 Å². The van der Waals surface area contributed by atoms with Crippen molar-refractivity contribution in [3.8, 4) is 17.2 Å². The summed E-state index contributed by atoms with van der Waals surface area (Å²) < 4.78 is 18.9. The molecule has 22 heavy (non-hydrogen) atoms. The van der Waals surface area contributed by atoms with E-state index in [-0.39, 0.29) is 22.8 Å². The van der Waals surface area contributed by atoms with Crippen molar-refractivity contribution >= 4 is 23.9 Å². The zero-order valence-corrected chi connectivity index (χ0v) is 12.1. The summed E-state index contributed by atoms with van der Waals surface area (Å²) in [5, 5.41) is 0. The van der Waals surface area contributed by atoms with Crippen LogP contribution < -0.4 is 14.2 Å². The Labute approximate surface area is 125 Å². The quantitative estimate of drug-likeness (QED) is 0.607. The molecule has 8 heteroatoms. The lowest BCUT2D eigenvalue weighted by molar-refractivity contribution is -0.135. The van der Waals surface area contributed by atoms with Gasteiger partial charge in [-0.3, -0.25) is 14.4 Å². The molecule has 1 radical (unpaired) electrons. The van der Waals surface area contributed by atoms with Crippen molar-refractivity contribution < 1.29 is 38.1 Å². The topological polar surface area (TPSA) is 105 Å². The number of hydrogen-bond acceptors (Lipinski definition) is 8. The van der Waals surface area contributed by atoms with Crippen LogP contribution in [0.3, 0.4) is 0 Å². The summed E-state index contributed by atoms with van der Waals surface area (Å²) in [6, 6.07) is 2.19. The molecule has 1 aromatic rings. The van der Waals surface area contributed by atoms with Gasteiger partial charge in [-0.2, -0.15) is 0 Å². The smallest absolute Gasteiger partial charge is 0.338 e. The molecule has 0 saturated heterocycles. The van der Waals surface area contributed by atoms with E-state index in [1.165, 1.54) is 0 Å². The molecule has 0 amide bonds. The number of benzene rings is 1. The lowest BCUT2D eigenvalue weighted by atomic mass is 10.2. The molecule has 0 aliphatic heterocycles. The second-order valence-electron chi connectivity index (χ2n) is 4.01. The third kappa shape index (κ3) is 4.58. The van der Waals surface area contributed by atoms with Crippen LogP contribution in [0.5, 0.6) is 17.2 Å². The van der Waals surface area contributed by atoms with Gasteiger partial charge < -0.3 is 18.9 Å². The minimum atomic E-state index is -0.865. The van der Waals surface area contributed by atoms with Gasteiger partial charge in [0.2, 0.25) is 5.75 Å². The van der Waals surface area contributed by atoms with Gasteiger partial charge in [0.25, 0.3) is 0 Å². The van der Waals surface area contributed by atoms with Crippen LogP contribution in [-0.4, -0.2) is 23.9 Å². The van der Waals surface area contributed by atoms with E-state index in [0.717, 1.165) is 32.9 Å². The van der Waals surface area contributed by atoms with Crippen molar-refractivity contribution in [3.63, 3.8) is 0 Å². The predicted octanol–water partition coefficient (Wildman–Crippen LogP) is 1.41. The van der Waals surface area contributed by atoms with Crippen LogP contribution in [0.1, 0.15) is 31.1 Å². The van der Waals surface area contributed by atoms with Gasteiger partial charge in [0.05, 0.1) is 5.56 Å². The summed E-state index contributed by atoms with van der Waals surface area (Å²) in [4.78, 5) is 45.0. The Hall–Kier alpha value is -2.90. The highest BCUT2D eigenvalue weighted by Gasteiger charge is 2.22. The van der Waals surface area contributed by atoms with Crippen LogP contribution in [0.4, 0.5) is 0 Å². The highest BCUT2D eigenvalue weighted by molar-refractivity contribution is 5.92. The molecule has 117 valence electrons. The fourth-order valence-corrected chi connectivity index (χ4v) is 1.48. The molecule has 0 heterocycles. The van der Waals surface area contributed by atoms with Crippen molar-refractivity contribution in [2.24, 2.45) is 0 Å². The van der Waals surface area contributed by atoms with Gasteiger partial charge in [-0.1, -0.05) is 0 Å².